The molecule has 4 aromatic rings. The average molecular weight is 529 g/mol. The van der Waals surface area contributed by atoms with Crippen molar-refractivity contribution in [3.05, 3.63) is 105 Å². The summed E-state index contributed by atoms with van der Waals surface area (Å²) in [6.07, 6.45) is 3.30. The van der Waals surface area contributed by atoms with E-state index in [0.29, 0.717) is 28.9 Å². The van der Waals surface area contributed by atoms with Crippen LogP contribution in [0.4, 0.5) is 0 Å². The van der Waals surface area contributed by atoms with Crippen LogP contribution in [0.25, 0.3) is 17.0 Å². The molecule has 1 heterocycles. The van der Waals surface area contributed by atoms with E-state index in [0.717, 1.165) is 33.6 Å². The van der Waals surface area contributed by atoms with Gasteiger partial charge in [0.25, 0.3) is 0 Å². The lowest BCUT2D eigenvalue weighted by atomic mass is 9.98. The molecule has 3 aromatic carbocycles. The lowest BCUT2D eigenvalue weighted by molar-refractivity contribution is -0.138. The average Bonchev–Trinajstić information content (AvgIpc) is 2.93. The Morgan fingerprint density at radius 1 is 0.897 bits per heavy atom. The van der Waals surface area contributed by atoms with E-state index in [1.54, 1.807) is 20.3 Å². The van der Waals surface area contributed by atoms with Crippen LogP contribution in [0.15, 0.2) is 76.0 Å². The Morgan fingerprint density at radius 3 is 2.15 bits per heavy atom. The summed E-state index contributed by atoms with van der Waals surface area (Å²) >= 11 is 0. The van der Waals surface area contributed by atoms with E-state index in [2.05, 4.69) is 0 Å². The molecule has 0 saturated heterocycles. The minimum absolute atomic E-state index is 0.120. The Kier molecular flexibility index (Phi) is 8.71. The summed E-state index contributed by atoms with van der Waals surface area (Å²) in [5.74, 6) is 1.44. The van der Waals surface area contributed by atoms with Gasteiger partial charge < -0.3 is 23.4 Å². The van der Waals surface area contributed by atoms with Gasteiger partial charge in [0.15, 0.2) is 0 Å². The first-order chi connectivity index (χ1) is 18.8. The summed E-state index contributed by atoms with van der Waals surface area (Å²) < 4.78 is 27.7. The van der Waals surface area contributed by atoms with E-state index in [-0.39, 0.29) is 12.7 Å². The minimum Gasteiger partial charge on any atom is -0.497 e. The van der Waals surface area contributed by atoms with Crippen LogP contribution in [-0.4, -0.2) is 26.3 Å². The normalized spacial score (nSPS) is 11.2. The van der Waals surface area contributed by atoms with Crippen LogP contribution in [0.5, 0.6) is 17.2 Å². The van der Waals surface area contributed by atoms with Crippen LogP contribution in [0.2, 0.25) is 0 Å². The molecule has 0 aliphatic rings. The summed E-state index contributed by atoms with van der Waals surface area (Å²) in [6.45, 7) is 5.58. The summed E-state index contributed by atoms with van der Waals surface area (Å²) in [5.41, 5.74) is 3.57. The largest absolute Gasteiger partial charge is 0.497 e. The number of carbonyl (C=O) groups excluding carboxylic acids is 1. The predicted molar refractivity (Wildman–Crippen MR) is 151 cm³/mol. The van der Waals surface area contributed by atoms with E-state index < -0.39 is 11.6 Å². The SMILES string of the molecule is COc1ccc(/C=C/C(=O)OCc2c(OC(C)C)ccc3c(C)c(Cc4ccc(OC)cc4)c(=O)oc23)cc1. The van der Waals surface area contributed by atoms with E-state index >= 15 is 0 Å². The van der Waals surface area contributed by atoms with Crippen molar-refractivity contribution in [2.24, 2.45) is 0 Å². The molecule has 0 N–H and O–H groups in total. The third kappa shape index (κ3) is 6.68. The molecule has 0 fully saturated rings. The topological polar surface area (TPSA) is 84.2 Å². The first-order valence-electron chi connectivity index (χ1n) is 12.7. The molecule has 0 unspecified atom stereocenters. The number of hydrogen-bond acceptors (Lipinski definition) is 7. The van der Waals surface area contributed by atoms with Gasteiger partial charge in [-0.1, -0.05) is 24.3 Å². The van der Waals surface area contributed by atoms with Gasteiger partial charge in [-0.2, -0.15) is 0 Å². The molecule has 0 amide bonds. The number of fused-ring (bicyclic) bond motifs is 1. The van der Waals surface area contributed by atoms with Gasteiger partial charge in [0.1, 0.15) is 29.4 Å². The fourth-order valence-corrected chi connectivity index (χ4v) is 4.22. The highest BCUT2D eigenvalue weighted by molar-refractivity contribution is 5.88. The number of carbonyl (C=O) groups is 1. The summed E-state index contributed by atoms with van der Waals surface area (Å²) in [6, 6.07) is 18.6. The van der Waals surface area contributed by atoms with Gasteiger partial charge in [-0.3, -0.25) is 0 Å². The van der Waals surface area contributed by atoms with Crippen molar-refractivity contribution in [3.63, 3.8) is 0 Å². The molecular weight excluding hydrogens is 496 g/mol. The smallest absolute Gasteiger partial charge is 0.340 e. The van der Waals surface area contributed by atoms with Crippen LogP contribution in [0.1, 0.15) is 41.7 Å². The second-order valence-corrected chi connectivity index (χ2v) is 9.32. The van der Waals surface area contributed by atoms with Crippen molar-refractivity contribution in [2.75, 3.05) is 14.2 Å². The molecule has 0 radical (unpaired) electrons. The third-order valence-electron chi connectivity index (χ3n) is 6.30. The van der Waals surface area contributed by atoms with Gasteiger partial charge >= 0.3 is 11.6 Å². The minimum atomic E-state index is -0.534. The summed E-state index contributed by atoms with van der Waals surface area (Å²) in [4.78, 5) is 25.7. The van der Waals surface area contributed by atoms with Gasteiger partial charge in [-0.15, -0.1) is 0 Å². The Hall–Kier alpha value is -4.52. The van der Waals surface area contributed by atoms with Gasteiger partial charge in [0.2, 0.25) is 0 Å². The maximum absolute atomic E-state index is 13.2. The van der Waals surface area contributed by atoms with Crippen LogP contribution in [0, 0.1) is 6.92 Å². The fraction of sp³-hybridized carbons (Fsp3) is 0.250. The number of rotatable bonds is 10. The number of benzene rings is 3. The van der Waals surface area contributed by atoms with Crippen LogP contribution < -0.4 is 19.8 Å². The number of ether oxygens (including phenoxy) is 4. The number of esters is 1. The van der Waals surface area contributed by atoms with E-state index in [1.165, 1.54) is 6.08 Å². The van der Waals surface area contributed by atoms with E-state index in [4.69, 9.17) is 23.4 Å². The maximum atomic E-state index is 13.2. The van der Waals surface area contributed by atoms with E-state index in [9.17, 15) is 9.59 Å². The van der Waals surface area contributed by atoms with Crippen LogP contribution >= 0.6 is 0 Å². The number of methoxy groups -OCH3 is 2. The molecule has 0 aliphatic carbocycles. The highest BCUT2D eigenvalue weighted by Crippen LogP contribution is 2.32. The molecule has 0 aliphatic heterocycles. The van der Waals surface area contributed by atoms with Gasteiger partial charge in [0.05, 0.1) is 25.9 Å². The Balaban J connectivity index is 1.62. The molecule has 0 bridgehead atoms. The predicted octanol–water partition coefficient (Wildman–Crippen LogP) is 6.25. The van der Waals surface area contributed by atoms with Crippen molar-refractivity contribution < 1.29 is 28.2 Å². The standard InChI is InChI=1S/C32H32O7/c1-20(2)38-29-16-15-26-21(3)27(18-23-8-13-25(36-5)14-9-23)32(34)39-31(26)28(29)19-37-30(33)17-10-22-6-11-24(35-4)12-7-22/h6-17,20H,18-19H2,1-5H3/b17-10+. The Morgan fingerprint density at radius 2 is 1.54 bits per heavy atom. The summed E-state index contributed by atoms with van der Waals surface area (Å²) in [7, 11) is 3.21. The number of aryl methyl sites for hydroxylation is 1. The zero-order chi connectivity index (χ0) is 27.9. The van der Waals surface area contributed by atoms with Crippen molar-refractivity contribution >= 4 is 23.0 Å². The second-order valence-electron chi connectivity index (χ2n) is 9.32. The molecule has 0 saturated carbocycles. The van der Waals surface area contributed by atoms with Gasteiger partial charge in [-0.25, -0.2) is 9.59 Å². The fourth-order valence-electron chi connectivity index (χ4n) is 4.22. The molecule has 7 heteroatoms. The first kappa shape index (κ1) is 27.5. The van der Waals surface area contributed by atoms with E-state index in [1.807, 2.05) is 81.4 Å². The summed E-state index contributed by atoms with van der Waals surface area (Å²) in [5, 5.41) is 0.758. The van der Waals surface area contributed by atoms with Gasteiger partial charge in [0, 0.05) is 23.4 Å². The monoisotopic (exact) mass is 528 g/mol. The molecule has 0 spiro atoms. The second kappa shape index (κ2) is 12.3. The lowest BCUT2D eigenvalue weighted by Gasteiger charge is -2.17. The van der Waals surface area contributed by atoms with Crippen molar-refractivity contribution in [2.45, 2.75) is 39.9 Å². The molecule has 7 nitrogen and oxygen atoms in total. The lowest BCUT2D eigenvalue weighted by Crippen LogP contribution is -2.14. The maximum Gasteiger partial charge on any atom is 0.340 e. The van der Waals surface area contributed by atoms with Crippen molar-refractivity contribution in [1.82, 2.24) is 0 Å². The van der Waals surface area contributed by atoms with Crippen LogP contribution in [0.3, 0.4) is 0 Å². The Labute approximate surface area is 227 Å². The highest BCUT2D eigenvalue weighted by atomic mass is 16.5. The van der Waals surface area contributed by atoms with Crippen molar-refractivity contribution in [1.29, 1.82) is 0 Å². The first-order valence-corrected chi connectivity index (χ1v) is 12.7. The number of hydrogen-bond donors (Lipinski definition) is 0. The highest BCUT2D eigenvalue weighted by Gasteiger charge is 2.19. The molecule has 4 rings (SSSR count). The van der Waals surface area contributed by atoms with Gasteiger partial charge in [-0.05, 0) is 79.9 Å². The van der Waals surface area contributed by atoms with Crippen LogP contribution in [-0.2, 0) is 22.6 Å². The zero-order valence-electron chi connectivity index (χ0n) is 22.8. The molecule has 1 aromatic heterocycles. The molecule has 0 atom stereocenters. The van der Waals surface area contributed by atoms with Crippen molar-refractivity contribution in [3.8, 4) is 17.2 Å². The molecule has 39 heavy (non-hydrogen) atoms. The zero-order valence-corrected chi connectivity index (χ0v) is 22.8. The third-order valence-corrected chi connectivity index (χ3v) is 6.30. The molecular formula is C32H32O7. The molecule has 202 valence electrons. The Bertz CT molecular complexity index is 1530. The quantitative estimate of drug-likeness (QED) is 0.137.